The van der Waals surface area contributed by atoms with E-state index in [4.69, 9.17) is 4.74 Å². The van der Waals surface area contributed by atoms with Crippen LogP contribution in [0.4, 0.5) is 0 Å². The molecule has 0 aliphatic rings. The largest absolute Gasteiger partial charge is 0.508 e. The minimum atomic E-state index is -0.0928. The fourth-order valence-electron chi connectivity index (χ4n) is 2.42. The van der Waals surface area contributed by atoms with Gasteiger partial charge in [-0.05, 0) is 24.1 Å². The third-order valence-corrected chi connectivity index (χ3v) is 3.82. The summed E-state index contributed by atoms with van der Waals surface area (Å²) in [6, 6.07) is 7.00. The van der Waals surface area contributed by atoms with Crippen LogP contribution in [-0.2, 0) is 16.0 Å². The number of aromatic hydroxyl groups is 1. The maximum absolute atomic E-state index is 11.6. The number of esters is 1. The van der Waals surface area contributed by atoms with Gasteiger partial charge >= 0.3 is 5.97 Å². The second-order valence-electron chi connectivity index (χ2n) is 5.86. The molecule has 0 radical (unpaired) electrons. The molecular formula is C19H30O3. The molecule has 124 valence electrons. The third-order valence-electron chi connectivity index (χ3n) is 3.82. The number of carbonyl (C=O) groups is 1. The van der Waals surface area contributed by atoms with Crippen LogP contribution in [-0.4, -0.2) is 17.7 Å². The van der Waals surface area contributed by atoms with E-state index in [1.807, 2.05) is 12.1 Å². The van der Waals surface area contributed by atoms with Gasteiger partial charge in [-0.1, -0.05) is 64.0 Å². The number of rotatable bonds is 12. The minimum absolute atomic E-state index is 0.0928. The number of phenols is 1. The Morgan fingerprint density at radius 2 is 1.55 bits per heavy atom. The molecule has 0 amide bonds. The average Bonchev–Trinajstić information content (AvgIpc) is 2.52. The maximum Gasteiger partial charge on any atom is 0.305 e. The third kappa shape index (κ3) is 9.43. The Kier molecular flexibility index (Phi) is 10.2. The number of hydrogen-bond donors (Lipinski definition) is 1. The Morgan fingerprint density at radius 1 is 0.955 bits per heavy atom. The zero-order chi connectivity index (χ0) is 16.0. The van der Waals surface area contributed by atoms with E-state index in [0.29, 0.717) is 19.4 Å². The molecular weight excluding hydrogens is 276 g/mol. The highest BCUT2D eigenvalue weighted by atomic mass is 16.5. The fourth-order valence-corrected chi connectivity index (χ4v) is 2.42. The number of phenolic OH excluding ortho intramolecular Hbond substituents is 1. The molecule has 3 heteroatoms. The summed E-state index contributed by atoms with van der Waals surface area (Å²) < 4.78 is 5.23. The minimum Gasteiger partial charge on any atom is -0.508 e. The van der Waals surface area contributed by atoms with Crippen LogP contribution in [0.3, 0.4) is 0 Å². The van der Waals surface area contributed by atoms with Gasteiger partial charge in [0.05, 0.1) is 6.61 Å². The van der Waals surface area contributed by atoms with E-state index in [9.17, 15) is 9.90 Å². The molecule has 0 aromatic heterocycles. The van der Waals surface area contributed by atoms with Gasteiger partial charge in [0.2, 0.25) is 0 Å². The summed E-state index contributed by atoms with van der Waals surface area (Å²) in [5.41, 5.74) is 1.07. The zero-order valence-corrected chi connectivity index (χ0v) is 13.9. The van der Waals surface area contributed by atoms with Crippen LogP contribution in [0.5, 0.6) is 5.75 Å². The van der Waals surface area contributed by atoms with Gasteiger partial charge in [-0.3, -0.25) is 4.79 Å². The lowest BCUT2D eigenvalue weighted by Crippen LogP contribution is -2.07. The van der Waals surface area contributed by atoms with Crippen molar-refractivity contribution in [2.24, 2.45) is 0 Å². The van der Waals surface area contributed by atoms with E-state index >= 15 is 0 Å². The molecule has 0 atom stereocenters. The Morgan fingerprint density at radius 3 is 2.18 bits per heavy atom. The van der Waals surface area contributed by atoms with Gasteiger partial charge in [-0.2, -0.15) is 0 Å². The lowest BCUT2D eigenvalue weighted by atomic mass is 10.1. The Labute approximate surface area is 134 Å². The van der Waals surface area contributed by atoms with Crippen molar-refractivity contribution in [3.8, 4) is 5.75 Å². The first-order valence-electron chi connectivity index (χ1n) is 8.66. The van der Waals surface area contributed by atoms with E-state index in [1.165, 1.54) is 38.5 Å². The van der Waals surface area contributed by atoms with Crippen LogP contribution < -0.4 is 0 Å². The lowest BCUT2D eigenvalue weighted by molar-refractivity contribution is -0.143. The summed E-state index contributed by atoms with van der Waals surface area (Å²) >= 11 is 0. The van der Waals surface area contributed by atoms with Crippen molar-refractivity contribution in [2.45, 2.75) is 71.1 Å². The van der Waals surface area contributed by atoms with E-state index in [0.717, 1.165) is 18.4 Å². The topological polar surface area (TPSA) is 46.5 Å². The van der Waals surface area contributed by atoms with Gasteiger partial charge < -0.3 is 9.84 Å². The molecule has 3 nitrogen and oxygen atoms in total. The monoisotopic (exact) mass is 306 g/mol. The maximum atomic E-state index is 11.6. The predicted octanol–water partition coefficient (Wildman–Crippen LogP) is 5.01. The first-order valence-corrected chi connectivity index (χ1v) is 8.66. The van der Waals surface area contributed by atoms with Gasteiger partial charge in [0.1, 0.15) is 5.75 Å². The first kappa shape index (κ1) is 18.5. The van der Waals surface area contributed by atoms with Crippen molar-refractivity contribution >= 4 is 5.97 Å². The van der Waals surface area contributed by atoms with Gasteiger partial charge in [-0.25, -0.2) is 0 Å². The Balaban J connectivity index is 1.94. The van der Waals surface area contributed by atoms with Crippen LogP contribution in [0.1, 0.15) is 70.3 Å². The normalized spacial score (nSPS) is 10.6. The summed E-state index contributed by atoms with van der Waals surface area (Å²) in [5, 5.41) is 9.19. The van der Waals surface area contributed by atoms with E-state index in [2.05, 4.69) is 6.92 Å². The van der Waals surface area contributed by atoms with Crippen LogP contribution >= 0.6 is 0 Å². The highest BCUT2D eigenvalue weighted by Crippen LogP contribution is 2.11. The van der Waals surface area contributed by atoms with Gasteiger partial charge in [0, 0.05) is 12.8 Å². The summed E-state index contributed by atoms with van der Waals surface area (Å²) in [4.78, 5) is 11.6. The zero-order valence-electron chi connectivity index (χ0n) is 13.9. The second kappa shape index (κ2) is 12.1. The molecule has 0 spiro atoms. The predicted molar refractivity (Wildman–Crippen MR) is 90.0 cm³/mol. The molecule has 1 N–H and O–H groups in total. The van der Waals surface area contributed by atoms with Crippen LogP contribution in [0.2, 0.25) is 0 Å². The molecule has 0 saturated heterocycles. The molecule has 0 bridgehead atoms. The Bertz CT molecular complexity index is 398. The Hall–Kier alpha value is -1.51. The fraction of sp³-hybridized carbons (Fsp3) is 0.632. The smallest absolute Gasteiger partial charge is 0.305 e. The second-order valence-corrected chi connectivity index (χ2v) is 5.86. The quantitative estimate of drug-likeness (QED) is 0.436. The number of carbonyl (C=O) groups excluding carboxylic acids is 1. The van der Waals surface area contributed by atoms with Crippen molar-refractivity contribution in [3.63, 3.8) is 0 Å². The van der Waals surface area contributed by atoms with Gasteiger partial charge in [0.25, 0.3) is 0 Å². The van der Waals surface area contributed by atoms with E-state index in [1.54, 1.807) is 12.1 Å². The lowest BCUT2D eigenvalue weighted by Gasteiger charge is -2.05. The van der Waals surface area contributed by atoms with Crippen molar-refractivity contribution in [3.05, 3.63) is 29.8 Å². The highest BCUT2D eigenvalue weighted by molar-refractivity contribution is 5.69. The summed E-state index contributed by atoms with van der Waals surface area (Å²) in [6.07, 6.45) is 11.1. The number of benzene rings is 1. The van der Waals surface area contributed by atoms with Crippen LogP contribution in [0, 0.1) is 0 Å². The highest BCUT2D eigenvalue weighted by Gasteiger charge is 2.03. The van der Waals surface area contributed by atoms with Gasteiger partial charge in [0.15, 0.2) is 0 Å². The molecule has 0 unspecified atom stereocenters. The van der Waals surface area contributed by atoms with Crippen LogP contribution in [0.25, 0.3) is 0 Å². The molecule has 0 saturated carbocycles. The summed E-state index contributed by atoms with van der Waals surface area (Å²) in [5.74, 6) is 0.167. The van der Waals surface area contributed by atoms with E-state index in [-0.39, 0.29) is 11.7 Å². The number of unbranched alkanes of at least 4 members (excludes halogenated alkanes) is 7. The molecule has 1 rings (SSSR count). The molecule has 0 fully saturated rings. The van der Waals surface area contributed by atoms with Crippen molar-refractivity contribution < 1.29 is 14.6 Å². The molecule has 0 aliphatic heterocycles. The SMILES string of the molecule is CCCCCCCCCCC(=O)OCCc1ccc(O)cc1. The van der Waals surface area contributed by atoms with Crippen molar-refractivity contribution in [1.29, 1.82) is 0 Å². The van der Waals surface area contributed by atoms with E-state index < -0.39 is 0 Å². The van der Waals surface area contributed by atoms with Crippen LogP contribution in [0.15, 0.2) is 24.3 Å². The van der Waals surface area contributed by atoms with Gasteiger partial charge in [-0.15, -0.1) is 0 Å². The number of hydrogen-bond acceptors (Lipinski definition) is 3. The summed E-state index contributed by atoms with van der Waals surface area (Å²) in [6.45, 7) is 2.65. The summed E-state index contributed by atoms with van der Waals surface area (Å²) in [7, 11) is 0. The molecule has 1 aromatic rings. The van der Waals surface area contributed by atoms with Crippen molar-refractivity contribution in [2.75, 3.05) is 6.61 Å². The molecule has 22 heavy (non-hydrogen) atoms. The molecule has 0 aliphatic carbocycles. The van der Waals surface area contributed by atoms with Crippen molar-refractivity contribution in [1.82, 2.24) is 0 Å². The molecule has 0 heterocycles. The average molecular weight is 306 g/mol. The molecule has 1 aromatic carbocycles. The first-order chi connectivity index (χ1) is 10.7. The number of ether oxygens (including phenoxy) is 1. The standard InChI is InChI=1S/C19H30O3/c1-2-3-4-5-6-7-8-9-10-19(21)22-16-15-17-11-13-18(20)14-12-17/h11-14,20H,2-10,15-16H2,1H3.